The number of carbonyl (C=O) groups is 2. The SMILES string of the molecule is C[C@@H](CNC(=O)COc1ccccc1)OC(=O)Nc1cccc(Cl)c1. The minimum atomic E-state index is -0.621. The van der Waals surface area contributed by atoms with Gasteiger partial charge in [0.05, 0.1) is 6.54 Å². The summed E-state index contributed by atoms with van der Waals surface area (Å²) >= 11 is 5.84. The molecule has 2 amide bonds. The summed E-state index contributed by atoms with van der Waals surface area (Å²) in [7, 11) is 0. The average Bonchev–Trinajstić information content (AvgIpc) is 2.59. The predicted molar refractivity (Wildman–Crippen MR) is 96.0 cm³/mol. The maximum Gasteiger partial charge on any atom is 0.411 e. The van der Waals surface area contributed by atoms with E-state index < -0.39 is 12.2 Å². The maximum absolute atomic E-state index is 11.8. The first kappa shape index (κ1) is 18.6. The van der Waals surface area contributed by atoms with Crippen LogP contribution in [0, 0.1) is 0 Å². The summed E-state index contributed by atoms with van der Waals surface area (Å²) < 4.78 is 10.5. The summed E-state index contributed by atoms with van der Waals surface area (Å²) in [5.41, 5.74) is 0.532. The first-order valence-electron chi connectivity index (χ1n) is 7.70. The number of ether oxygens (including phenoxy) is 2. The van der Waals surface area contributed by atoms with E-state index >= 15 is 0 Å². The molecular weight excluding hydrogens is 344 g/mol. The van der Waals surface area contributed by atoms with E-state index in [-0.39, 0.29) is 19.1 Å². The Morgan fingerprint density at radius 2 is 1.88 bits per heavy atom. The molecule has 0 spiro atoms. The van der Waals surface area contributed by atoms with Gasteiger partial charge >= 0.3 is 6.09 Å². The van der Waals surface area contributed by atoms with Crippen molar-refractivity contribution in [2.75, 3.05) is 18.5 Å². The Bertz CT molecular complexity index is 709. The Kier molecular flexibility index (Phi) is 7.10. The molecule has 2 aromatic rings. The van der Waals surface area contributed by atoms with Gasteiger partial charge in [0.2, 0.25) is 0 Å². The molecule has 0 aromatic heterocycles. The lowest BCUT2D eigenvalue weighted by Gasteiger charge is -2.15. The zero-order valence-corrected chi connectivity index (χ0v) is 14.5. The minimum absolute atomic E-state index is 0.106. The minimum Gasteiger partial charge on any atom is -0.484 e. The Morgan fingerprint density at radius 3 is 2.60 bits per heavy atom. The van der Waals surface area contributed by atoms with Gasteiger partial charge in [-0.15, -0.1) is 0 Å². The predicted octanol–water partition coefficient (Wildman–Crippen LogP) is 3.47. The van der Waals surface area contributed by atoms with Crippen LogP contribution in [0.2, 0.25) is 5.02 Å². The Labute approximate surface area is 151 Å². The van der Waals surface area contributed by atoms with Crippen LogP contribution in [-0.2, 0) is 9.53 Å². The normalized spacial score (nSPS) is 11.3. The Balaban J connectivity index is 1.66. The quantitative estimate of drug-likeness (QED) is 0.790. The summed E-state index contributed by atoms with van der Waals surface area (Å²) in [6, 6.07) is 15.8. The Morgan fingerprint density at radius 1 is 1.12 bits per heavy atom. The van der Waals surface area contributed by atoms with E-state index in [9.17, 15) is 9.59 Å². The Hall–Kier alpha value is -2.73. The van der Waals surface area contributed by atoms with Gasteiger partial charge in [-0.25, -0.2) is 4.79 Å². The lowest BCUT2D eigenvalue weighted by molar-refractivity contribution is -0.123. The number of anilines is 1. The molecule has 0 aliphatic carbocycles. The third-order valence-corrected chi connectivity index (χ3v) is 3.31. The molecule has 25 heavy (non-hydrogen) atoms. The van der Waals surface area contributed by atoms with Gasteiger partial charge in [0, 0.05) is 10.7 Å². The largest absolute Gasteiger partial charge is 0.484 e. The molecule has 0 aliphatic heterocycles. The van der Waals surface area contributed by atoms with Gasteiger partial charge in [-0.1, -0.05) is 35.9 Å². The molecule has 2 rings (SSSR count). The zero-order valence-electron chi connectivity index (χ0n) is 13.7. The highest BCUT2D eigenvalue weighted by atomic mass is 35.5. The van der Waals surface area contributed by atoms with Gasteiger partial charge in [0.25, 0.3) is 5.91 Å². The number of carbonyl (C=O) groups excluding carboxylic acids is 2. The fourth-order valence-electron chi connectivity index (χ4n) is 1.91. The second-order valence-corrected chi connectivity index (χ2v) is 5.69. The molecule has 0 fully saturated rings. The van der Waals surface area contributed by atoms with Gasteiger partial charge in [-0.3, -0.25) is 10.1 Å². The topological polar surface area (TPSA) is 76.7 Å². The van der Waals surface area contributed by atoms with Crippen LogP contribution in [0.4, 0.5) is 10.5 Å². The smallest absolute Gasteiger partial charge is 0.411 e. The van der Waals surface area contributed by atoms with Gasteiger partial charge in [0.15, 0.2) is 6.61 Å². The highest BCUT2D eigenvalue weighted by molar-refractivity contribution is 6.30. The average molecular weight is 363 g/mol. The van der Waals surface area contributed by atoms with E-state index in [1.165, 1.54) is 0 Å². The van der Waals surface area contributed by atoms with E-state index in [1.807, 2.05) is 18.2 Å². The second kappa shape index (κ2) is 9.54. The molecule has 7 heteroatoms. The van der Waals surface area contributed by atoms with E-state index in [0.717, 1.165) is 0 Å². The summed E-state index contributed by atoms with van der Waals surface area (Å²) in [5.74, 6) is 0.317. The van der Waals surface area contributed by atoms with Crippen molar-refractivity contribution in [2.45, 2.75) is 13.0 Å². The summed E-state index contributed by atoms with van der Waals surface area (Å²) in [4.78, 5) is 23.5. The number of para-hydroxylation sites is 1. The highest BCUT2D eigenvalue weighted by Gasteiger charge is 2.11. The highest BCUT2D eigenvalue weighted by Crippen LogP contribution is 2.15. The third kappa shape index (κ3) is 7.14. The van der Waals surface area contributed by atoms with E-state index in [1.54, 1.807) is 43.3 Å². The standard InChI is InChI=1S/C18H19ClN2O4/c1-13(25-18(23)21-15-7-5-6-14(19)10-15)11-20-17(22)12-24-16-8-3-2-4-9-16/h2-10,13H,11-12H2,1H3,(H,20,22)(H,21,23)/t13-/m0/s1. The molecule has 0 bridgehead atoms. The van der Waals surface area contributed by atoms with Gasteiger partial charge in [-0.05, 0) is 37.3 Å². The van der Waals surface area contributed by atoms with Gasteiger partial charge < -0.3 is 14.8 Å². The molecule has 0 saturated heterocycles. The zero-order chi connectivity index (χ0) is 18.1. The van der Waals surface area contributed by atoms with Crippen molar-refractivity contribution >= 4 is 29.3 Å². The van der Waals surface area contributed by atoms with Crippen LogP contribution in [-0.4, -0.2) is 31.3 Å². The fraction of sp³-hybridized carbons (Fsp3) is 0.222. The molecule has 132 valence electrons. The molecule has 0 heterocycles. The molecule has 0 aliphatic rings. The van der Waals surface area contributed by atoms with Crippen LogP contribution in [0.1, 0.15) is 6.92 Å². The van der Waals surface area contributed by atoms with Crippen LogP contribution < -0.4 is 15.4 Å². The number of hydrogen-bond donors (Lipinski definition) is 2. The van der Waals surface area contributed by atoms with Crippen LogP contribution in [0.15, 0.2) is 54.6 Å². The summed E-state index contributed by atoms with van der Waals surface area (Å²) in [6.45, 7) is 1.75. The lowest BCUT2D eigenvalue weighted by atomic mass is 10.3. The molecule has 1 atom stereocenters. The summed E-state index contributed by atoms with van der Waals surface area (Å²) in [5, 5.41) is 5.72. The number of rotatable bonds is 7. The molecule has 2 N–H and O–H groups in total. The number of amides is 2. The number of halogens is 1. The molecule has 2 aromatic carbocycles. The van der Waals surface area contributed by atoms with Crippen LogP contribution in [0.25, 0.3) is 0 Å². The first-order chi connectivity index (χ1) is 12.0. The monoisotopic (exact) mass is 362 g/mol. The molecular formula is C18H19ClN2O4. The number of benzene rings is 2. The van der Waals surface area contributed by atoms with E-state index in [0.29, 0.717) is 16.5 Å². The molecule has 0 saturated carbocycles. The maximum atomic E-state index is 11.8. The van der Waals surface area contributed by atoms with E-state index in [2.05, 4.69) is 10.6 Å². The lowest BCUT2D eigenvalue weighted by Crippen LogP contribution is -2.36. The van der Waals surface area contributed by atoms with Crippen molar-refractivity contribution in [1.82, 2.24) is 5.32 Å². The van der Waals surface area contributed by atoms with Crippen molar-refractivity contribution in [3.63, 3.8) is 0 Å². The van der Waals surface area contributed by atoms with Crippen LogP contribution >= 0.6 is 11.6 Å². The second-order valence-electron chi connectivity index (χ2n) is 5.26. The van der Waals surface area contributed by atoms with Gasteiger partial charge in [0.1, 0.15) is 11.9 Å². The number of hydrogen-bond acceptors (Lipinski definition) is 4. The molecule has 0 unspecified atom stereocenters. The van der Waals surface area contributed by atoms with Crippen molar-refractivity contribution in [2.24, 2.45) is 0 Å². The van der Waals surface area contributed by atoms with Crippen LogP contribution in [0.3, 0.4) is 0 Å². The molecule has 0 radical (unpaired) electrons. The van der Waals surface area contributed by atoms with Crippen molar-refractivity contribution < 1.29 is 19.1 Å². The number of nitrogens with one attached hydrogen (secondary N) is 2. The fourth-order valence-corrected chi connectivity index (χ4v) is 2.10. The van der Waals surface area contributed by atoms with Crippen LogP contribution in [0.5, 0.6) is 5.75 Å². The molecule has 6 nitrogen and oxygen atoms in total. The van der Waals surface area contributed by atoms with Crippen molar-refractivity contribution in [3.05, 3.63) is 59.6 Å². The van der Waals surface area contributed by atoms with Crippen molar-refractivity contribution in [1.29, 1.82) is 0 Å². The van der Waals surface area contributed by atoms with Crippen molar-refractivity contribution in [3.8, 4) is 5.75 Å². The first-order valence-corrected chi connectivity index (χ1v) is 8.08. The van der Waals surface area contributed by atoms with Gasteiger partial charge in [-0.2, -0.15) is 0 Å². The third-order valence-electron chi connectivity index (χ3n) is 3.08. The van der Waals surface area contributed by atoms with E-state index in [4.69, 9.17) is 21.1 Å². The summed E-state index contributed by atoms with van der Waals surface area (Å²) in [6.07, 6.45) is -1.12.